The summed E-state index contributed by atoms with van der Waals surface area (Å²) in [7, 11) is -21.9. The van der Waals surface area contributed by atoms with E-state index in [2.05, 4.69) is 0 Å². The molecule has 2 aliphatic heterocycles. The van der Waals surface area contributed by atoms with Crippen LogP contribution < -0.4 is 4.90 Å². The first kappa shape index (κ1) is 65.1. The summed E-state index contributed by atoms with van der Waals surface area (Å²) in [4.78, 5) is 10.0. The largest absolute Gasteiger partial charge is 0.481 e. The highest BCUT2D eigenvalue weighted by atomic mass is 32.2. The maximum absolute atomic E-state index is 12.9. The van der Waals surface area contributed by atoms with Gasteiger partial charge in [-0.3, -0.25) is 27.6 Å². The maximum atomic E-state index is 12.9. The highest BCUT2D eigenvalue weighted by molar-refractivity contribution is 7.87. The van der Waals surface area contributed by atoms with E-state index in [-0.39, 0.29) is 98.9 Å². The molecule has 4 aromatic carbocycles. The van der Waals surface area contributed by atoms with Crippen molar-refractivity contribution >= 4 is 95.2 Å². The minimum atomic E-state index is -5.14. The van der Waals surface area contributed by atoms with Crippen molar-refractivity contribution in [1.82, 2.24) is 0 Å². The van der Waals surface area contributed by atoms with Crippen molar-refractivity contribution in [3.8, 4) is 0 Å². The Hall–Kier alpha value is -5.09. The molecular weight excluding hydrogens is 1160 g/mol. The Morgan fingerprint density at radius 3 is 1.65 bits per heavy atom. The molecule has 6 N–H and O–H groups in total. The van der Waals surface area contributed by atoms with E-state index in [1.54, 1.807) is 56.5 Å². The summed E-state index contributed by atoms with van der Waals surface area (Å²) in [6.07, 6.45) is 9.39. The number of methoxy groups -OCH3 is 2. The summed E-state index contributed by atoms with van der Waals surface area (Å²) >= 11 is 0. The van der Waals surface area contributed by atoms with Gasteiger partial charge in [0.1, 0.15) is 16.3 Å². The molecular formula is C52H67N2O22S5+. The number of unbranched alkanes of at least 4 members (excludes halogenated alkanes) is 2. The second-order valence-corrected chi connectivity index (χ2v) is 26.9. The molecule has 2 heterocycles. The maximum Gasteiger partial charge on any atom is 0.303 e. The van der Waals surface area contributed by atoms with Crippen LogP contribution in [0.2, 0.25) is 0 Å². The molecule has 446 valence electrons. The molecule has 0 aliphatic carbocycles. The van der Waals surface area contributed by atoms with Crippen LogP contribution in [0.3, 0.4) is 0 Å². The molecule has 0 fully saturated rings. The monoisotopic (exact) mass is 1230 g/mol. The van der Waals surface area contributed by atoms with Gasteiger partial charge in [-0.2, -0.15) is 46.7 Å². The number of fused-ring (bicyclic) bond motifs is 6. The molecule has 2 aliphatic rings. The normalized spacial score (nSPS) is 18.6. The third-order valence-electron chi connectivity index (χ3n) is 14.2. The van der Waals surface area contributed by atoms with Crippen molar-refractivity contribution in [2.45, 2.75) is 89.2 Å². The van der Waals surface area contributed by atoms with Gasteiger partial charge in [0.2, 0.25) is 5.69 Å². The second-order valence-electron chi connectivity index (χ2n) is 19.7. The van der Waals surface area contributed by atoms with Crippen molar-refractivity contribution in [3.05, 3.63) is 95.7 Å². The zero-order valence-corrected chi connectivity index (χ0v) is 49.0. The molecule has 24 nitrogen and oxygen atoms in total. The molecule has 0 amide bonds. The smallest absolute Gasteiger partial charge is 0.303 e. The van der Waals surface area contributed by atoms with E-state index in [4.69, 9.17) is 23.7 Å². The van der Waals surface area contributed by atoms with Crippen molar-refractivity contribution in [1.29, 1.82) is 0 Å². The molecule has 0 bridgehead atoms. The fourth-order valence-electron chi connectivity index (χ4n) is 10.5. The van der Waals surface area contributed by atoms with Crippen molar-refractivity contribution < 1.29 is 103 Å². The quantitative estimate of drug-likeness (QED) is 0.0138. The van der Waals surface area contributed by atoms with E-state index >= 15 is 0 Å². The molecule has 0 saturated heterocycles. The Morgan fingerprint density at radius 2 is 1.12 bits per heavy atom. The summed E-state index contributed by atoms with van der Waals surface area (Å²) < 4.78 is 207. The second kappa shape index (κ2) is 26.7. The number of carboxylic acids is 1. The zero-order valence-electron chi connectivity index (χ0n) is 44.9. The highest BCUT2D eigenvalue weighted by Gasteiger charge is 2.49. The Labute approximate surface area is 471 Å². The predicted molar refractivity (Wildman–Crippen MR) is 298 cm³/mol. The number of ether oxygens (including phenoxy) is 5. The number of aliphatic carboxylic acids is 1. The summed E-state index contributed by atoms with van der Waals surface area (Å²) in [6.45, 7) is 5.98. The molecule has 0 radical (unpaired) electrons. The number of allylic oxidation sites excluding steroid dienone is 6. The third-order valence-corrected chi connectivity index (χ3v) is 18.4. The number of nitrogens with zero attached hydrogens (tertiary/aromatic N) is 2. The van der Waals surface area contributed by atoms with E-state index in [0.29, 0.717) is 79.6 Å². The fourth-order valence-corrected chi connectivity index (χ4v) is 13.7. The lowest BCUT2D eigenvalue weighted by atomic mass is 9.74. The van der Waals surface area contributed by atoms with Crippen molar-refractivity contribution in [2.24, 2.45) is 0 Å². The van der Waals surface area contributed by atoms with Crippen LogP contribution in [0, 0.1) is 0 Å². The number of benzene rings is 4. The summed E-state index contributed by atoms with van der Waals surface area (Å²) in [5.41, 5.74) is 0.180. The standard InChI is InChI=1S/C52H66N2O22S5/c1-51(19-11-31-77(57,58)59)46(53(21-10-6-9-14-48(55)56)42-17-15-38-40(49(42)51)32-36(78(60,61)62)34-44(38)80(66,67)68)12-7-5-8-13-47-52(2,20-23-74-27-28-76-30-29-75-26-25-73-4)50-41-33-37(79(63,64)65)35-45(81(69,70)71)39(41)16-18-43(50)54(47)22-24-72-3/h5,7-8,12-13,15-18,32-35H,6,9-11,14,19-31H2,1-4H3,(H5-,55,56,57,58,59,60,61,62,63,64,65,66,67,68,69,70,71)/p+1. The van der Waals surface area contributed by atoms with Crippen LogP contribution in [0.25, 0.3) is 21.5 Å². The molecule has 4 aromatic rings. The van der Waals surface area contributed by atoms with Crippen LogP contribution in [0.1, 0.15) is 69.9 Å². The minimum absolute atomic E-state index is 0.0276. The third kappa shape index (κ3) is 15.8. The van der Waals surface area contributed by atoms with E-state index in [1.165, 1.54) is 19.2 Å². The van der Waals surface area contributed by atoms with E-state index in [0.717, 1.165) is 12.1 Å². The average Bonchev–Trinajstić information content (AvgIpc) is 3.86. The molecule has 0 saturated carbocycles. The summed E-state index contributed by atoms with van der Waals surface area (Å²) in [6, 6.07) is 9.40. The fraction of sp³-hybridized carbons (Fsp3) is 0.462. The minimum Gasteiger partial charge on any atom is -0.481 e. The van der Waals surface area contributed by atoms with E-state index in [9.17, 15) is 74.8 Å². The molecule has 2 atom stereocenters. The topological polar surface area (TPSA) is 362 Å². The van der Waals surface area contributed by atoms with Crippen LogP contribution in [0.5, 0.6) is 0 Å². The van der Waals surface area contributed by atoms with Gasteiger partial charge in [-0.1, -0.05) is 24.3 Å². The van der Waals surface area contributed by atoms with Gasteiger partial charge in [-0.15, -0.1) is 0 Å². The van der Waals surface area contributed by atoms with Gasteiger partial charge in [-0.05, 0) is 105 Å². The molecule has 6 rings (SSSR count). The Balaban J connectivity index is 1.51. The van der Waals surface area contributed by atoms with Crippen molar-refractivity contribution in [3.63, 3.8) is 0 Å². The van der Waals surface area contributed by atoms with Gasteiger partial charge < -0.3 is 33.7 Å². The lowest BCUT2D eigenvalue weighted by Gasteiger charge is -2.30. The van der Waals surface area contributed by atoms with Gasteiger partial charge in [0.05, 0.1) is 67.2 Å². The number of rotatable bonds is 32. The van der Waals surface area contributed by atoms with Crippen LogP contribution in [0.4, 0.5) is 11.4 Å². The first-order chi connectivity index (χ1) is 37.9. The molecule has 29 heteroatoms. The number of anilines is 1. The Morgan fingerprint density at radius 1 is 0.580 bits per heavy atom. The lowest BCUT2D eigenvalue weighted by molar-refractivity contribution is -0.438. The first-order valence-electron chi connectivity index (χ1n) is 25.4. The van der Waals surface area contributed by atoms with Gasteiger partial charge in [0.15, 0.2) is 5.71 Å². The number of hydrogen-bond acceptors (Lipinski definition) is 17. The van der Waals surface area contributed by atoms with Crippen LogP contribution in [-0.4, -0.2) is 172 Å². The zero-order chi connectivity index (χ0) is 59.8. The summed E-state index contributed by atoms with van der Waals surface area (Å²) in [5, 5.41) is 9.21. The Bertz CT molecular complexity index is 3730. The van der Waals surface area contributed by atoms with E-state index in [1.807, 2.05) is 16.4 Å². The average molecular weight is 1230 g/mol. The molecule has 81 heavy (non-hydrogen) atoms. The number of carbonyl (C=O) groups is 1. The van der Waals surface area contributed by atoms with Crippen LogP contribution in [-0.2, 0) is 89.9 Å². The Kier molecular flexibility index (Phi) is 21.4. The molecule has 0 aromatic heterocycles. The SMILES string of the molecule is COCCOCCOCCOCCC1(C)\C(=C/C=C/C=C/C2=[N+](CCCCCC(=O)O)c3ccc4c(S(=O)(=O)O)cc(S(=O)(=O)O)cc4c3C2(C)CCCS(=O)(=O)O)N(CCOC)c2ccc3c(S(=O)(=O)O)cc(S(=O)(=O)O)cc3c21. The van der Waals surface area contributed by atoms with E-state index < -0.39 is 92.7 Å². The lowest BCUT2D eigenvalue weighted by Crippen LogP contribution is -2.32. The van der Waals surface area contributed by atoms with Crippen molar-refractivity contribution in [2.75, 3.05) is 90.8 Å². The van der Waals surface area contributed by atoms with Crippen LogP contribution >= 0.6 is 0 Å². The van der Waals surface area contributed by atoms with Gasteiger partial charge in [0, 0.05) is 85.5 Å². The highest BCUT2D eigenvalue weighted by Crippen LogP contribution is 2.54. The number of carboxylic acid groups (broad SMARTS) is 1. The molecule has 0 spiro atoms. The first-order valence-corrected chi connectivity index (χ1v) is 32.7. The van der Waals surface area contributed by atoms with Crippen LogP contribution in [0.15, 0.2) is 104 Å². The van der Waals surface area contributed by atoms with Gasteiger partial charge in [-0.25, -0.2) is 0 Å². The number of hydrogen-bond donors (Lipinski definition) is 6. The molecule has 2 unspecified atom stereocenters. The predicted octanol–water partition coefficient (Wildman–Crippen LogP) is 6.16. The van der Waals surface area contributed by atoms with Gasteiger partial charge >= 0.3 is 5.97 Å². The summed E-state index contributed by atoms with van der Waals surface area (Å²) in [5.74, 6) is -1.70. The van der Waals surface area contributed by atoms with Gasteiger partial charge in [0.25, 0.3) is 50.6 Å².